The van der Waals surface area contributed by atoms with Crippen molar-refractivity contribution in [2.75, 3.05) is 65.6 Å². The van der Waals surface area contributed by atoms with Gasteiger partial charge in [-0.1, -0.05) is 13.8 Å². The largest absolute Gasteiger partial charge is 0.466 e. The highest BCUT2D eigenvalue weighted by molar-refractivity contribution is 5.80. The summed E-state index contributed by atoms with van der Waals surface area (Å²) in [6.45, 7) is 15.4. The Hall–Kier alpha value is -1.75. The van der Waals surface area contributed by atoms with Gasteiger partial charge in [0.05, 0.1) is 37.2 Å². The van der Waals surface area contributed by atoms with E-state index in [9.17, 15) is 14.4 Å². The average Bonchev–Trinajstić information content (AvgIpc) is 2.78. The van der Waals surface area contributed by atoms with Crippen LogP contribution in [0.3, 0.4) is 0 Å². The van der Waals surface area contributed by atoms with Gasteiger partial charge in [0.25, 0.3) is 0 Å². The van der Waals surface area contributed by atoms with Gasteiger partial charge in [-0.3, -0.25) is 19.3 Å². The Morgan fingerprint density at radius 2 is 1.15 bits per heavy atom. The van der Waals surface area contributed by atoms with E-state index in [1.54, 1.807) is 41.5 Å². The number of rotatable bonds is 9. The number of carbonyl (C=O) groups excluding carboxylic acids is 3. The van der Waals surface area contributed by atoms with Crippen molar-refractivity contribution in [3.8, 4) is 0 Å². The second-order valence-electron chi connectivity index (χ2n) is 8.24. The molecule has 0 radical (unpaired) electrons. The predicted octanol–water partition coefficient (Wildman–Crippen LogP) is 0.160. The molecule has 33 heavy (non-hydrogen) atoms. The van der Waals surface area contributed by atoms with Crippen LogP contribution in [0.15, 0.2) is 0 Å². The average molecular weight is 473 g/mol. The van der Waals surface area contributed by atoms with Crippen molar-refractivity contribution in [2.24, 2.45) is 11.8 Å². The molecule has 1 aliphatic heterocycles. The van der Waals surface area contributed by atoms with E-state index >= 15 is 0 Å². The van der Waals surface area contributed by atoms with Crippen LogP contribution in [0.4, 0.5) is 0 Å². The fraction of sp³-hybridized carbons (Fsp3) is 0.870. The number of ether oxygens (including phenoxy) is 3. The van der Waals surface area contributed by atoms with Gasteiger partial charge >= 0.3 is 17.9 Å². The molecule has 1 saturated heterocycles. The van der Waals surface area contributed by atoms with Crippen LogP contribution in [0.2, 0.25) is 0 Å². The Kier molecular flexibility index (Phi) is 13.5. The van der Waals surface area contributed by atoms with E-state index in [2.05, 4.69) is 16.0 Å². The lowest BCUT2D eigenvalue weighted by atomic mass is 9.72. The van der Waals surface area contributed by atoms with Crippen molar-refractivity contribution < 1.29 is 28.6 Å². The topological polar surface area (TPSA) is 118 Å². The molecule has 0 aromatic carbocycles. The summed E-state index contributed by atoms with van der Waals surface area (Å²) in [5.41, 5.74) is -1.09. The number of hydrogen-bond acceptors (Lipinski definition) is 10. The highest BCUT2D eigenvalue weighted by Crippen LogP contribution is 2.36. The maximum absolute atomic E-state index is 13.1. The molecule has 0 aromatic heterocycles. The van der Waals surface area contributed by atoms with E-state index in [1.807, 2.05) is 4.90 Å². The summed E-state index contributed by atoms with van der Waals surface area (Å²) in [7, 11) is 0. The summed E-state index contributed by atoms with van der Waals surface area (Å²) in [5, 5.41) is 10.1. The number of esters is 3. The molecule has 1 aliphatic rings. The Balaban J connectivity index is 3.62. The van der Waals surface area contributed by atoms with Crippen LogP contribution < -0.4 is 16.0 Å². The molecule has 10 heteroatoms. The van der Waals surface area contributed by atoms with E-state index in [-0.39, 0.29) is 19.8 Å². The van der Waals surface area contributed by atoms with Gasteiger partial charge in [0.15, 0.2) is 0 Å². The van der Waals surface area contributed by atoms with Crippen LogP contribution in [0.25, 0.3) is 0 Å². The Morgan fingerprint density at radius 1 is 0.727 bits per heavy atom. The van der Waals surface area contributed by atoms with Gasteiger partial charge in [-0.15, -0.1) is 0 Å². The lowest BCUT2D eigenvalue weighted by molar-refractivity contribution is -0.172. The van der Waals surface area contributed by atoms with E-state index in [0.29, 0.717) is 26.2 Å². The molecule has 0 spiro atoms. The lowest BCUT2D eigenvalue weighted by Crippen LogP contribution is -2.70. The third-order valence-electron chi connectivity index (χ3n) is 6.30. The van der Waals surface area contributed by atoms with Crippen molar-refractivity contribution in [3.05, 3.63) is 0 Å². The summed E-state index contributed by atoms with van der Waals surface area (Å²) in [6.07, 6.45) is 0. The molecule has 0 saturated carbocycles. The lowest BCUT2D eigenvalue weighted by Gasteiger charge is -2.51. The van der Waals surface area contributed by atoms with Crippen molar-refractivity contribution in [1.29, 1.82) is 0 Å². The minimum Gasteiger partial charge on any atom is -0.466 e. The molecule has 1 rings (SSSR count). The van der Waals surface area contributed by atoms with Gasteiger partial charge < -0.3 is 30.2 Å². The highest BCUT2D eigenvalue weighted by Gasteiger charge is 2.54. The number of hydrogen-bond donors (Lipinski definition) is 3. The quantitative estimate of drug-likeness (QED) is 0.316. The zero-order valence-corrected chi connectivity index (χ0v) is 21.2. The third kappa shape index (κ3) is 7.91. The first-order valence-electron chi connectivity index (χ1n) is 12.2. The van der Waals surface area contributed by atoms with Crippen molar-refractivity contribution in [3.63, 3.8) is 0 Å². The molecule has 3 N–H and O–H groups in total. The normalized spacial score (nSPS) is 23.8. The first kappa shape index (κ1) is 29.3. The molecule has 1 heterocycles. The first-order valence-corrected chi connectivity index (χ1v) is 12.2. The van der Waals surface area contributed by atoms with Crippen molar-refractivity contribution in [1.82, 2.24) is 20.9 Å². The fourth-order valence-corrected chi connectivity index (χ4v) is 4.47. The van der Waals surface area contributed by atoms with E-state index < -0.39 is 41.3 Å². The molecule has 3 unspecified atom stereocenters. The molecular weight excluding hydrogens is 428 g/mol. The van der Waals surface area contributed by atoms with Crippen LogP contribution in [0, 0.1) is 11.8 Å². The maximum atomic E-state index is 13.1. The standard InChI is InChI=1S/C23H44N4O6/c1-7-31-20(28)17(4)23(18(5)21(29)32-8-2)16-26-13-12-24-10-11-25-14-15-27(23)19(6)22(30)33-9-3/h17-19,24-26H,7-16H2,1-6H3. The zero-order valence-electron chi connectivity index (χ0n) is 21.2. The maximum Gasteiger partial charge on any atom is 0.323 e. The van der Waals surface area contributed by atoms with Gasteiger partial charge in [0.1, 0.15) is 6.04 Å². The SMILES string of the molecule is CCOC(=O)C(C)N1CCNCCNCCNCC1(C(C)C(=O)OCC)C(C)C(=O)OCC. The second-order valence-corrected chi connectivity index (χ2v) is 8.24. The molecular formula is C23H44N4O6. The summed E-state index contributed by atoms with van der Waals surface area (Å²) >= 11 is 0. The third-order valence-corrected chi connectivity index (χ3v) is 6.30. The zero-order chi connectivity index (χ0) is 24.9. The molecule has 1 fully saturated rings. The number of nitrogens with one attached hydrogen (secondary N) is 3. The molecule has 0 aliphatic carbocycles. The van der Waals surface area contributed by atoms with Crippen LogP contribution in [0.5, 0.6) is 0 Å². The molecule has 3 atom stereocenters. The molecule has 0 bridgehead atoms. The first-order chi connectivity index (χ1) is 15.8. The van der Waals surface area contributed by atoms with Crippen molar-refractivity contribution in [2.45, 2.75) is 53.1 Å². The van der Waals surface area contributed by atoms with Gasteiger partial charge in [-0.2, -0.15) is 0 Å². The van der Waals surface area contributed by atoms with E-state index in [1.165, 1.54) is 0 Å². The van der Waals surface area contributed by atoms with Gasteiger partial charge in [-0.05, 0) is 27.7 Å². The summed E-state index contributed by atoms with van der Waals surface area (Å²) < 4.78 is 16.1. The number of carbonyl (C=O) groups is 3. The molecule has 10 nitrogen and oxygen atoms in total. The predicted molar refractivity (Wildman–Crippen MR) is 126 cm³/mol. The summed E-state index contributed by atoms with van der Waals surface area (Å²) in [4.78, 5) is 41.0. The fourth-order valence-electron chi connectivity index (χ4n) is 4.47. The molecule has 192 valence electrons. The minimum absolute atomic E-state index is 0.222. The van der Waals surface area contributed by atoms with Gasteiger partial charge in [-0.25, -0.2) is 0 Å². The summed E-state index contributed by atoms with van der Waals surface area (Å²) in [6, 6.07) is -0.691. The van der Waals surface area contributed by atoms with Gasteiger partial charge in [0.2, 0.25) is 0 Å². The van der Waals surface area contributed by atoms with E-state index in [4.69, 9.17) is 14.2 Å². The second kappa shape index (κ2) is 15.2. The Labute approximate surface area is 198 Å². The van der Waals surface area contributed by atoms with Crippen LogP contribution in [-0.4, -0.2) is 100 Å². The van der Waals surface area contributed by atoms with E-state index in [0.717, 1.165) is 19.6 Å². The van der Waals surface area contributed by atoms with Gasteiger partial charge in [0, 0.05) is 45.8 Å². The Morgan fingerprint density at radius 3 is 1.64 bits per heavy atom. The van der Waals surface area contributed by atoms with Crippen LogP contribution in [0.1, 0.15) is 41.5 Å². The molecule has 0 aromatic rings. The molecule has 0 amide bonds. The van der Waals surface area contributed by atoms with Crippen LogP contribution in [-0.2, 0) is 28.6 Å². The Bertz CT molecular complexity index is 594. The highest BCUT2D eigenvalue weighted by atomic mass is 16.5. The van der Waals surface area contributed by atoms with Crippen molar-refractivity contribution >= 4 is 17.9 Å². The smallest absolute Gasteiger partial charge is 0.323 e. The minimum atomic E-state index is -1.09. The monoisotopic (exact) mass is 472 g/mol. The summed E-state index contributed by atoms with van der Waals surface area (Å²) in [5.74, 6) is -2.69. The van der Waals surface area contributed by atoms with Crippen LogP contribution >= 0.6 is 0 Å². The number of nitrogens with zero attached hydrogens (tertiary/aromatic N) is 1.